The van der Waals surface area contributed by atoms with Crippen LogP contribution in [0.4, 0.5) is 4.39 Å². The van der Waals surface area contributed by atoms with Crippen LogP contribution in [0.25, 0.3) is 0 Å². The van der Waals surface area contributed by atoms with Gasteiger partial charge in [0.05, 0.1) is 12.0 Å². The molecule has 104 valence electrons. The Balaban J connectivity index is 2.23. The maximum absolute atomic E-state index is 13.8. The van der Waals surface area contributed by atoms with Crippen molar-refractivity contribution in [3.05, 3.63) is 35.6 Å². The fourth-order valence-electron chi connectivity index (χ4n) is 2.65. The highest BCUT2D eigenvalue weighted by atomic mass is 19.1. The van der Waals surface area contributed by atoms with Crippen LogP contribution < -0.4 is 5.32 Å². The quantitative estimate of drug-likeness (QED) is 0.849. The van der Waals surface area contributed by atoms with Gasteiger partial charge in [-0.1, -0.05) is 18.2 Å². The molecule has 1 heterocycles. The van der Waals surface area contributed by atoms with Crippen molar-refractivity contribution in [2.45, 2.75) is 26.2 Å². The summed E-state index contributed by atoms with van der Waals surface area (Å²) in [5, 5.41) is 3.24. The molecular weight excluding hydrogens is 245 g/mol. The molecule has 1 aliphatic rings. The van der Waals surface area contributed by atoms with Crippen molar-refractivity contribution in [3.8, 4) is 0 Å². The number of carbonyl (C=O) groups is 1. The highest BCUT2D eigenvalue weighted by molar-refractivity contribution is 5.77. The van der Waals surface area contributed by atoms with Gasteiger partial charge in [0.25, 0.3) is 0 Å². The minimum Gasteiger partial charge on any atom is -0.466 e. The topological polar surface area (TPSA) is 38.3 Å². The van der Waals surface area contributed by atoms with Crippen molar-refractivity contribution in [2.24, 2.45) is 5.41 Å². The first-order valence-electron chi connectivity index (χ1n) is 6.79. The molecular formula is C15H20FNO2. The molecule has 0 saturated carbocycles. The summed E-state index contributed by atoms with van der Waals surface area (Å²) in [4.78, 5) is 12.3. The first kappa shape index (κ1) is 14.0. The Labute approximate surface area is 113 Å². The first-order valence-corrected chi connectivity index (χ1v) is 6.79. The average Bonchev–Trinajstić information content (AvgIpc) is 2.43. The minimum atomic E-state index is -0.580. The number of benzene rings is 1. The van der Waals surface area contributed by atoms with Gasteiger partial charge in [-0.25, -0.2) is 4.39 Å². The van der Waals surface area contributed by atoms with E-state index in [0.29, 0.717) is 31.4 Å². The van der Waals surface area contributed by atoms with Crippen LogP contribution in [0.3, 0.4) is 0 Å². The highest BCUT2D eigenvalue weighted by Crippen LogP contribution is 2.35. The number of piperidine rings is 1. The molecule has 0 unspecified atom stereocenters. The average molecular weight is 265 g/mol. The summed E-state index contributed by atoms with van der Waals surface area (Å²) in [6, 6.07) is 6.66. The number of ether oxygens (including phenoxy) is 1. The Kier molecular flexibility index (Phi) is 4.53. The molecule has 0 aliphatic carbocycles. The number of hydrogen-bond acceptors (Lipinski definition) is 3. The van der Waals surface area contributed by atoms with Gasteiger partial charge in [0, 0.05) is 0 Å². The van der Waals surface area contributed by atoms with Crippen molar-refractivity contribution in [1.82, 2.24) is 5.32 Å². The van der Waals surface area contributed by atoms with Crippen LogP contribution in [0.15, 0.2) is 24.3 Å². The first-order chi connectivity index (χ1) is 9.18. The molecule has 1 aromatic rings. The van der Waals surface area contributed by atoms with E-state index in [1.807, 2.05) is 0 Å². The summed E-state index contributed by atoms with van der Waals surface area (Å²) in [6.45, 7) is 3.71. The third kappa shape index (κ3) is 3.13. The molecule has 0 radical (unpaired) electrons. The van der Waals surface area contributed by atoms with E-state index < -0.39 is 5.41 Å². The number of nitrogens with one attached hydrogen (secondary N) is 1. The van der Waals surface area contributed by atoms with Gasteiger partial charge in [0.1, 0.15) is 5.82 Å². The molecule has 0 bridgehead atoms. The van der Waals surface area contributed by atoms with Gasteiger partial charge in [0.15, 0.2) is 0 Å². The van der Waals surface area contributed by atoms with E-state index in [-0.39, 0.29) is 11.8 Å². The van der Waals surface area contributed by atoms with Gasteiger partial charge in [-0.15, -0.1) is 0 Å². The van der Waals surface area contributed by atoms with Crippen molar-refractivity contribution < 1.29 is 13.9 Å². The van der Waals surface area contributed by atoms with Crippen LogP contribution in [0.5, 0.6) is 0 Å². The molecule has 2 rings (SSSR count). The van der Waals surface area contributed by atoms with Crippen LogP contribution in [-0.4, -0.2) is 25.7 Å². The van der Waals surface area contributed by atoms with Gasteiger partial charge in [-0.3, -0.25) is 4.79 Å². The predicted molar refractivity (Wildman–Crippen MR) is 71.3 cm³/mol. The molecule has 1 fully saturated rings. The molecule has 1 aromatic carbocycles. The Bertz CT molecular complexity index is 442. The van der Waals surface area contributed by atoms with Gasteiger partial charge in [-0.2, -0.15) is 0 Å². The second-order valence-corrected chi connectivity index (χ2v) is 5.02. The van der Waals surface area contributed by atoms with Crippen molar-refractivity contribution in [2.75, 3.05) is 19.7 Å². The Morgan fingerprint density at radius 3 is 2.68 bits per heavy atom. The maximum Gasteiger partial charge on any atom is 0.312 e. The highest BCUT2D eigenvalue weighted by Gasteiger charge is 2.41. The molecule has 19 heavy (non-hydrogen) atoms. The minimum absolute atomic E-state index is 0.195. The molecule has 0 aromatic heterocycles. The SMILES string of the molecule is CCOC(=O)C1(Cc2ccccc2F)CCNCC1. The molecule has 0 amide bonds. The van der Waals surface area contributed by atoms with Gasteiger partial charge < -0.3 is 10.1 Å². The van der Waals surface area contributed by atoms with Crippen LogP contribution in [0, 0.1) is 11.2 Å². The molecule has 0 atom stereocenters. The Hall–Kier alpha value is -1.42. The van der Waals surface area contributed by atoms with Crippen LogP contribution in [0.2, 0.25) is 0 Å². The predicted octanol–water partition coefficient (Wildman–Crippen LogP) is 2.30. The molecule has 1 saturated heterocycles. The third-order valence-electron chi connectivity index (χ3n) is 3.76. The zero-order valence-electron chi connectivity index (χ0n) is 11.2. The lowest BCUT2D eigenvalue weighted by Crippen LogP contribution is -2.44. The van der Waals surface area contributed by atoms with E-state index >= 15 is 0 Å². The maximum atomic E-state index is 13.8. The van der Waals surface area contributed by atoms with E-state index in [1.165, 1.54) is 6.07 Å². The lowest BCUT2D eigenvalue weighted by Gasteiger charge is -2.35. The van der Waals surface area contributed by atoms with Crippen LogP contribution in [-0.2, 0) is 16.0 Å². The largest absolute Gasteiger partial charge is 0.466 e. The molecule has 0 spiro atoms. The summed E-state index contributed by atoms with van der Waals surface area (Å²) in [7, 11) is 0. The zero-order chi connectivity index (χ0) is 13.7. The van der Waals surface area contributed by atoms with Gasteiger partial charge >= 0.3 is 5.97 Å². The number of hydrogen-bond donors (Lipinski definition) is 1. The molecule has 1 aliphatic heterocycles. The number of carbonyl (C=O) groups excluding carboxylic acids is 1. The monoisotopic (exact) mass is 265 g/mol. The van der Waals surface area contributed by atoms with E-state index in [9.17, 15) is 9.18 Å². The number of rotatable bonds is 4. The summed E-state index contributed by atoms with van der Waals surface area (Å²) in [5.41, 5.74) is 0.0150. The third-order valence-corrected chi connectivity index (χ3v) is 3.76. The normalized spacial score (nSPS) is 18.0. The Morgan fingerprint density at radius 1 is 1.37 bits per heavy atom. The van der Waals surface area contributed by atoms with Crippen molar-refractivity contribution >= 4 is 5.97 Å². The summed E-state index contributed by atoms with van der Waals surface area (Å²) in [5.74, 6) is -0.440. The lowest BCUT2D eigenvalue weighted by atomic mass is 9.74. The number of esters is 1. The van der Waals surface area contributed by atoms with Crippen LogP contribution in [0.1, 0.15) is 25.3 Å². The second-order valence-electron chi connectivity index (χ2n) is 5.02. The zero-order valence-corrected chi connectivity index (χ0v) is 11.2. The molecule has 3 nitrogen and oxygen atoms in total. The van der Waals surface area contributed by atoms with E-state index in [1.54, 1.807) is 25.1 Å². The van der Waals surface area contributed by atoms with Crippen LogP contribution >= 0.6 is 0 Å². The summed E-state index contributed by atoms with van der Waals surface area (Å²) in [6.07, 6.45) is 1.81. The summed E-state index contributed by atoms with van der Waals surface area (Å²) < 4.78 is 19.0. The standard InChI is InChI=1S/C15H20FNO2/c1-2-19-14(18)15(7-9-17-10-8-15)11-12-5-3-4-6-13(12)16/h3-6,17H,2,7-11H2,1H3. The Morgan fingerprint density at radius 2 is 2.05 bits per heavy atom. The fraction of sp³-hybridized carbons (Fsp3) is 0.533. The van der Waals surface area contributed by atoms with E-state index in [2.05, 4.69) is 5.32 Å². The van der Waals surface area contributed by atoms with E-state index in [4.69, 9.17) is 4.74 Å². The second kappa shape index (κ2) is 6.15. The fourth-order valence-corrected chi connectivity index (χ4v) is 2.65. The van der Waals surface area contributed by atoms with Gasteiger partial charge in [0.2, 0.25) is 0 Å². The number of halogens is 1. The van der Waals surface area contributed by atoms with Gasteiger partial charge in [-0.05, 0) is 50.9 Å². The van der Waals surface area contributed by atoms with E-state index in [0.717, 1.165) is 13.1 Å². The molecule has 1 N–H and O–H groups in total. The lowest BCUT2D eigenvalue weighted by molar-refractivity contribution is -0.157. The van der Waals surface area contributed by atoms with Crippen molar-refractivity contribution in [1.29, 1.82) is 0 Å². The smallest absolute Gasteiger partial charge is 0.312 e. The summed E-state index contributed by atoms with van der Waals surface area (Å²) >= 11 is 0. The molecule has 4 heteroatoms. The van der Waals surface area contributed by atoms with Crippen molar-refractivity contribution in [3.63, 3.8) is 0 Å².